The van der Waals surface area contributed by atoms with Gasteiger partial charge in [-0.3, -0.25) is 0 Å². The third-order valence-electron chi connectivity index (χ3n) is 2.60. The Morgan fingerprint density at radius 2 is 2.24 bits per heavy atom. The van der Waals surface area contributed by atoms with E-state index in [1.165, 1.54) is 19.2 Å². The Morgan fingerprint density at radius 3 is 2.82 bits per heavy atom. The van der Waals surface area contributed by atoms with Crippen molar-refractivity contribution in [2.75, 3.05) is 7.11 Å². The molecule has 17 heavy (non-hydrogen) atoms. The second kappa shape index (κ2) is 4.55. The maximum Gasteiger partial charge on any atom is 0.141 e. The number of imidazole rings is 1. The Morgan fingerprint density at radius 1 is 1.47 bits per heavy atom. The number of aromatic nitrogens is 2. The number of benzene rings is 1. The van der Waals surface area contributed by atoms with E-state index in [2.05, 4.69) is 9.97 Å². The zero-order chi connectivity index (χ0) is 12.4. The van der Waals surface area contributed by atoms with Crippen LogP contribution >= 0.6 is 0 Å². The second-order valence-corrected chi connectivity index (χ2v) is 3.71. The standard InChI is InChI=1S/C12H14FN3O/c1-7-10(6-14)16-12(15-7)9-5-8(13)3-4-11(9)17-2/h3-5H,6,14H2,1-2H3,(H,15,16). The van der Waals surface area contributed by atoms with Gasteiger partial charge in [0.1, 0.15) is 17.4 Å². The molecule has 0 bridgehead atoms. The summed E-state index contributed by atoms with van der Waals surface area (Å²) in [7, 11) is 1.54. The summed E-state index contributed by atoms with van der Waals surface area (Å²) in [6.45, 7) is 2.23. The van der Waals surface area contributed by atoms with Crippen LogP contribution in [0.4, 0.5) is 4.39 Å². The summed E-state index contributed by atoms with van der Waals surface area (Å²) in [4.78, 5) is 7.40. The van der Waals surface area contributed by atoms with Crippen molar-refractivity contribution in [1.29, 1.82) is 0 Å². The van der Waals surface area contributed by atoms with Gasteiger partial charge in [0.25, 0.3) is 0 Å². The summed E-state index contributed by atoms with van der Waals surface area (Å²) in [5.74, 6) is 0.812. The van der Waals surface area contributed by atoms with E-state index in [1.807, 2.05) is 6.92 Å². The van der Waals surface area contributed by atoms with Crippen LogP contribution in [0.2, 0.25) is 0 Å². The van der Waals surface area contributed by atoms with Gasteiger partial charge in [0.15, 0.2) is 0 Å². The number of aryl methyl sites for hydroxylation is 1. The number of nitrogens with one attached hydrogen (secondary N) is 1. The predicted octanol–water partition coefficient (Wildman–Crippen LogP) is 1.99. The predicted molar refractivity (Wildman–Crippen MR) is 63.2 cm³/mol. The van der Waals surface area contributed by atoms with Crippen LogP contribution < -0.4 is 10.5 Å². The fourth-order valence-electron chi connectivity index (χ4n) is 1.69. The largest absolute Gasteiger partial charge is 0.496 e. The Balaban J connectivity index is 2.54. The van der Waals surface area contributed by atoms with Crippen molar-refractivity contribution in [3.8, 4) is 17.1 Å². The minimum absolute atomic E-state index is 0.329. The van der Waals surface area contributed by atoms with Crippen molar-refractivity contribution in [3.63, 3.8) is 0 Å². The summed E-state index contributed by atoms with van der Waals surface area (Å²) >= 11 is 0. The fourth-order valence-corrected chi connectivity index (χ4v) is 1.69. The molecule has 0 saturated heterocycles. The average molecular weight is 235 g/mol. The van der Waals surface area contributed by atoms with Crippen LogP contribution in [0.5, 0.6) is 5.75 Å². The molecule has 0 saturated carbocycles. The lowest BCUT2D eigenvalue weighted by atomic mass is 10.2. The Hall–Kier alpha value is -1.88. The molecule has 1 aromatic carbocycles. The van der Waals surface area contributed by atoms with Crippen molar-refractivity contribution >= 4 is 0 Å². The number of hydrogen-bond donors (Lipinski definition) is 2. The average Bonchev–Trinajstić information content (AvgIpc) is 2.70. The highest BCUT2D eigenvalue weighted by molar-refractivity contribution is 5.64. The van der Waals surface area contributed by atoms with Gasteiger partial charge in [-0.05, 0) is 25.1 Å². The van der Waals surface area contributed by atoms with Crippen LogP contribution in [0, 0.1) is 12.7 Å². The third kappa shape index (κ3) is 2.14. The van der Waals surface area contributed by atoms with E-state index in [9.17, 15) is 4.39 Å². The first-order valence-electron chi connectivity index (χ1n) is 5.25. The molecule has 0 radical (unpaired) electrons. The highest BCUT2D eigenvalue weighted by Gasteiger charge is 2.12. The molecule has 0 atom stereocenters. The highest BCUT2D eigenvalue weighted by Crippen LogP contribution is 2.29. The number of hydrogen-bond acceptors (Lipinski definition) is 3. The molecule has 1 heterocycles. The van der Waals surface area contributed by atoms with E-state index in [4.69, 9.17) is 10.5 Å². The molecule has 0 aliphatic rings. The zero-order valence-electron chi connectivity index (χ0n) is 9.75. The number of nitrogens with zero attached hydrogens (tertiary/aromatic N) is 1. The van der Waals surface area contributed by atoms with E-state index in [0.717, 1.165) is 11.4 Å². The summed E-state index contributed by atoms with van der Waals surface area (Å²) < 4.78 is 18.4. The van der Waals surface area contributed by atoms with Crippen LogP contribution in [-0.4, -0.2) is 17.1 Å². The number of ether oxygens (including phenoxy) is 1. The van der Waals surface area contributed by atoms with Crippen molar-refractivity contribution in [2.45, 2.75) is 13.5 Å². The molecule has 2 rings (SSSR count). The van der Waals surface area contributed by atoms with Gasteiger partial charge in [0.05, 0.1) is 18.4 Å². The molecule has 0 unspecified atom stereocenters. The molecular formula is C12H14FN3O. The maximum absolute atomic E-state index is 13.2. The minimum Gasteiger partial charge on any atom is -0.496 e. The van der Waals surface area contributed by atoms with Gasteiger partial charge in [0, 0.05) is 12.2 Å². The smallest absolute Gasteiger partial charge is 0.141 e. The number of rotatable bonds is 3. The van der Waals surface area contributed by atoms with Gasteiger partial charge in [-0.1, -0.05) is 0 Å². The fraction of sp³-hybridized carbons (Fsp3) is 0.250. The molecule has 0 aliphatic heterocycles. The van der Waals surface area contributed by atoms with Gasteiger partial charge in [-0.15, -0.1) is 0 Å². The van der Waals surface area contributed by atoms with Gasteiger partial charge < -0.3 is 15.5 Å². The molecule has 4 nitrogen and oxygen atoms in total. The van der Waals surface area contributed by atoms with E-state index >= 15 is 0 Å². The Kier molecular flexibility index (Phi) is 3.10. The molecule has 2 aromatic rings. The Labute approximate surface area is 98.6 Å². The molecule has 3 N–H and O–H groups in total. The quantitative estimate of drug-likeness (QED) is 0.855. The number of halogens is 1. The van der Waals surface area contributed by atoms with Crippen LogP contribution in [0.1, 0.15) is 11.4 Å². The lowest BCUT2D eigenvalue weighted by Gasteiger charge is -2.05. The van der Waals surface area contributed by atoms with Crippen LogP contribution in [-0.2, 0) is 6.54 Å². The molecule has 0 aliphatic carbocycles. The monoisotopic (exact) mass is 235 g/mol. The van der Waals surface area contributed by atoms with Gasteiger partial charge in [-0.25, -0.2) is 9.37 Å². The van der Waals surface area contributed by atoms with Crippen molar-refractivity contribution in [3.05, 3.63) is 35.4 Å². The second-order valence-electron chi connectivity index (χ2n) is 3.71. The molecule has 1 aromatic heterocycles. The maximum atomic E-state index is 13.2. The zero-order valence-corrected chi connectivity index (χ0v) is 9.75. The summed E-state index contributed by atoms with van der Waals surface area (Å²) in [5, 5.41) is 0. The van der Waals surface area contributed by atoms with Crippen molar-refractivity contribution < 1.29 is 9.13 Å². The Bertz CT molecular complexity index is 537. The van der Waals surface area contributed by atoms with Gasteiger partial charge in [0.2, 0.25) is 0 Å². The van der Waals surface area contributed by atoms with Gasteiger partial charge in [-0.2, -0.15) is 0 Å². The lowest BCUT2D eigenvalue weighted by molar-refractivity contribution is 0.415. The molecule has 0 fully saturated rings. The topological polar surface area (TPSA) is 63.9 Å². The minimum atomic E-state index is -0.329. The van der Waals surface area contributed by atoms with Crippen LogP contribution in [0.3, 0.4) is 0 Å². The molecule has 90 valence electrons. The van der Waals surface area contributed by atoms with Crippen molar-refractivity contribution in [1.82, 2.24) is 9.97 Å². The van der Waals surface area contributed by atoms with E-state index in [1.54, 1.807) is 6.07 Å². The first-order valence-corrected chi connectivity index (χ1v) is 5.25. The third-order valence-corrected chi connectivity index (χ3v) is 2.60. The van der Waals surface area contributed by atoms with Crippen LogP contribution in [0.25, 0.3) is 11.4 Å². The number of H-pyrrole nitrogens is 1. The number of aromatic amines is 1. The summed E-state index contributed by atoms with van der Waals surface area (Å²) in [6.07, 6.45) is 0. The normalized spacial score (nSPS) is 10.6. The lowest BCUT2D eigenvalue weighted by Crippen LogP contribution is -1.98. The van der Waals surface area contributed by atoms with E-state index in [0.29, 0.717) is 23.7 Å². The molecule has 0 spiro atoms. The summed E-state index contributed by atoms with van der Waals surface area (Å²) in [5.41, 5.74) is 7.80. The highest BCUT2D eigenvalue weighted by atomic mass is 19.1. The number of methoxy groups -OCH3 is 1. The molecule has 0 amide bonds. The van der Waals surface area contributed by atoms with E-state index < -0.39 is 0 Å². The van der Waals surface area contributed by atoms with Crippen molar-refractivity contribution in [2.24, 2.45) is 5.73 Å². The first-order chi connectivity index (χ1) is 8.15. The molecular weight excluding hydrogens is 221 g/mol. The SMILES string of the molecule is COc1ccc(F)cc1-c1nc(CN)c(C)[nH]1. The number of nitrogens with two attached hydrogens (primary N) is 1. The molecule has 5 heteroatoms. The summed E-state index contributed by atoms with van der Waals surface area (Å²) in [6, 6.07) is 4.31. The van der Waals surface area contributed by atoms with E-state index in [-0.39, 0.29) is 5.82 Å². The van der Waals surface area contributed by atoms with Crippen LogP contribution in [0.15, 0.2) is 18.2 Å². The van der Waals surface area contributed by atoms with Gasteiger partial charge >= 0.3 is 0 Å². The first kappa shape index (κ1) is 11.6.